The molecule has 2 aliphatic rings. The molecule has 1 aliphatic heterocycles. The smallest absolute Gasteiger partial charge is 0.407 e. The number of nitrogens with zero attached hydrogens (tertiary/aromatic N) is 1. The van der Waals surface area contributed by atoms with E-state index >= 15 is 0 Å². The van der Waals surface area contributed by atoms with Gasteiger partial charge in [-0.05, 0) is 28.7 Å². The Balaban J connectivity index is 1.36. The number of hydrogen-bond acceptors (Lipinski definition) is 5. The molecule has 0 spiro atoms. The second kappa shape index (κ2) is 10.7. The maximum atomic E-state index is 13.1. The Labute approximate surface area is 198 Å². The summed E-state index contributed by atoms with van der Waals surface area (Å²) in [6.07, 6.45) is 0.671. The van der Waals surface area contributed by atoms with E-state index in [4.69, 9.17) is 9.47 Å². The van der Waals surface area contributed by atoms with Crippen LogP contribution in [0.15, 0.2) is 48.5 Å². The Morgan fingerprint density at radius 2 is 1.76 bits per heavy atom. The quantitative estimate of drug-likeness (QED) is 0.619. The van der Waals surface area contributed by atoms with E-state index in [0.29, 0.717) is 13.0 Å². The number of aliphatic carboxylic acids is 1. The van der Waals surface area contributed by atoms with Gasteiger partial charge in [0, 0.05) is 19.0 Å². The van der Waals surface area contributed by atoms with Gasteiger partial charge < -0.3 is 24.8 Å². The molecule has 1 aliphatic carbocycles. The first-order chi connectivity index (χ1) is 16.5. The fraction of sp³-hybridized carbons (Fsp3) is 0.423. The van der Waals surface area contributed by atoms with Gasteiger partial charge in [0.2, 0.25) is 5.91 Å². The highest BCUT2D eigenvalue weighted by Crippen LogP contribution is 2.44. The molecule has 34 heavy (non-hydrogen) atoms. The number of hydrogen-bond donors (Lipinski definition) is 2. The number of fused-ring (bicyclic) bond motifs is 3. The summed E-state index contributed by atoms with van der Waals surface area (Å²) >= 11 is 0. The Hall–Kier alpha value is -3.39. The van der Waals surface area contributed by atoms with Gasteiger partial charge in [-0.3, -0.25) is 4.79 Å². The van der Waals surface area contributed by atoms with Gasteiger partial charge in [0.05, 0.1) is 19.1 Å². The van der Waals surface area contributed by atoms with Crippen molar-refractivity contribution in [2.75, 3.05) is 32.9 Å². The molecule has 1 saturated heterocycles. The highest BCUT2D eigenvalue weighted by Gasteiger charge is 2.36. The molecule has 2 N–H and O–H groups in total. The number of alkyl carbamates (subject to hydrolysis) is 1. The van der Waals surface area contributed by atoms with E-state index in [-0.39, 0.29) is 38.1 Å². The number of morpholine rings is 1. The fourth-order valence-corrected chi connectivity index (χ4v) is 4.82. The average Bonchev–Trinajstić information content (AvgIpc) is 3.18. The van der Waals surface area contributed by atoms with Crippen LogP contribution in [0.3, 0.4) is 0 Å². The van der Waals surface area contributed by atoms with Gasteiger partial charge in [0.15, 0.2) is 6.04 Å². The van der Waals surface area contributed by atoms with Crippen molar-refractivity contribution < 1.29 is 29.0 Å². The summed E-state index contributed by atoms with van der Waals surface area (Å²) in [4.78, 5) is 38.5. The minimum atomic E-state index is -1.09. The molecule has 2 atom stereocenters. The Kier molecular flexibility index (Phi) is 7.47. The third-order valence-electron chi connectivity index (χ3n) is 6.52. The second-order valence-corrected chi connectivity index (χ2v) is 8.65. The van der Waals surface area contributed by atoms with E-state index in [9.17, 15) is 19.5 Å². The molecule has 2 aromatic rings. The second-order valence-electron chi connectivity index (χ2n) is 8.65. The first-order valence-electron chi connectivity index (χ1n) is 11.7. The molecule has 4 rings (SSSR count). The van der Waals surface area contributed by atoms with E-state index in [1.807, 2.05) is 31.2 Å². The molecule has 0 aromatic heterocycles. The standard InChI is InChI=1S/C26H30N2O6/c1-2-7-17(24(29)28-12-13-33-16-23(28)25(30)31)14-27-26(32)34-15-22-20-10-5-3-8-18(20)19-9-4-6-11-21(19)22/h3-6,8-11,17,22-23H,2,7,12-16H2,1H3,(H,27,32)(H,30,31). The van der Waals surface area contributed by atoms with Crippen molar-refractivity contribution in [3.05, 3.63) is 59.7 Å². The Morgan fingerprint density at radius 1 is 1.12 bits per heavy atom. The van der Waals surface area contributed by atoms with Crippen LogP contribution in [0, 0.1) is 5.92 Å². The van der Waals surface area contributed by atoms with E-state index in [1.165, 1.54) is 4.90 Å². The first-order valence-corrected chi connectivity index (χ1v) is 11.7. The third kappa shape index (κ3) is 4.92. The molecular weight excluding hydrogens is 436 g/mol. The van der Waals surface area contributed by atoms with Crippen molar-refractivity contribution in [1.29, 1.82) is 0 Å². The molecule has 1 heterocycles. The highest BCUT2D eigenvalue weighted by atomic mass is 16.5. The maximum absolute atomic E-state index is 13.1. The molecule has 0 bridgehead atoms. The number of carbonyl (C=O) groups is 3. The number of nitrogens with one attached hydrogen (secondary N) is 1. The first kappa shape index (κ1) is 23.8. The molecule has 2 amide bonds. The van der Waals surface area contributed by atoms with Crippen LogP contribution < -0.4 is 5.32 Å². The van der Waals surface area contributed by atoms with Crippen LogP contribution in [0.2, 0.25) is 0 Å². The normalized spacial score (nSPS) is 18.0. The van der Waals surface area contributed by atoms with Crippen LogP contribution in [0.1, 0.15) is 36.8 Å². The number of benzene rings is 2. The largest absolute Gasteiger partial charge is 0.480 e. The average molecular weight is 467 g/mol. The van der Waals surface area contributed by atoms with Crippen LogP contribution in [-0.4, -0.2) is 66.9 Å². The summed E-state index contributed by atoms with van der Waals surface area (Å²) in [6, 6.07) is 15.2. The van der Waals surface area contributed by atoms with Crippen molar-refractivity contribution in [2.24, 2.45) is 5.92 Å². The topological polar surface area (TPSA) is 105 Å². The predicted molar refractivity (Wildman–Crippen MR) is 125 cm³/mol. The van der Waals surface area contributed by atoms with Gasteiger partial charge in [-0.1, -0.05) is 61.9 Å². The number of carboxylic acids is 1. The van der Waals surface area contributed by atoms with Gasteiger partial charge in [-0.2, -0.15) is 0 Å². The van der Waals surface area contributed by atoms with Crippen LogP contribution in [0.5, 0.6) is 0 Å². The third-order valence-corrected chi connectivity index (χ3v) is 6.52. The molecule has 2 aromatic carbocycles. The summed E-state index contributed by atoms with van der Waals surface area (Å²) in [5.74, 6) is -1.94. The zero-order valence-corrected chi connectivity index (χ0v) is 19.2. The molecular formula is C26H30N2O6. The summed E-state index contributed by atoms with van der Waals surface area (Å²) in [6.45, 7) is 2.72. The molecule has 1 fully saturated rings. The Morgan fingerprint density at radius 3 is 2.38 bits per heavy atom. The van der Waals surface area contributed by atoms with Crippen molar-refractivity contribution in [1.82, 2.24) is 10.2 Å². The van der Waals surface area contributed by atoms with Gasteiger partial charge in [0.25, 0.3) is 0 Å². The summed E-state index contributed by atoms with van der Waals surface area (Å²) in [5, 5.41) is 12.2. The number of carboxylic acid groups (broad SMARTS) is 1. The zero-order chi connectivity index (χ0) is 24.1. The molecule has 2 unspecified atom stereocenters. The lowest BCUT2D eigenvalue weighted by Crippen LogP contribution is -2.55. The van der Waals surface area contributed by atoms with Gasteiger partial charge in [-0.15, -0.1) is 0 Å². The minimum absolute atomic E-state index is 0.0281. The SMILES string of the molecule is CCCC(CNC(=O)OCC1c2ccccc2-c2ccccc21)C(=O)N1CCOCC1C(=O)O. The van der Waals surface area contributed by atoms with Gasteiger partial charge >= 0.3 is 12.1 Å². The van der Waals surface area contributed by atoms with Crippen molar-refractivity contribution in [3.63, 3.8) is 0 Å². The molecule has 0 saturated carbocycles. The molecule has 8 heteroatoms. The maximum Gasteiger partial charge on any atom is 0.407 e. The van der Waals surface area contributed by atoms with Crippen molar-refractivity contribution >= 4 is 18.0 Å². The predicted octanol–water partition coefficient (Wildman–Crippen LogP) is 3.25. The van der Waals surface area contributed by atoms with E-state index in [2.05, 4.69) is 29.6 Å². The summed E-state index contributed by atoms with van der Waals surface area (Å²) in [7, 11) is 0. The van der Waals surface area contributed by atoms with Crippen LogP contribution in [0.25, 0.3) is 11.1 Å². The lowest BCUT2D eigenvalue weighted by atomic mass is 9.98. The lowest BCUT2D eigenvalue weighted by molar-refractivity contribution is -0.160. The van der Waals surface area contributed by atoms with E-state index in [1.54, 1.807) is 0 Å². The van der Waals surface area contributed by atoms with Crippen molar-refractivity contribution in [2.45, 2.75) is 31.7 Å². The lowest BCUT2D eigenvalue weighted by Gasteiger charge is -2.35. The van der Waals surface area contributed by atoms with Crippen molar-refractivity contribution in [3.8, 4) is 11.1 Å². The molecule has 8 nitrogen and oxygen atoms in total. The highest BCUT2D eigenvalue weighted by molar-refractivity contribution is 5.86. The van der Waals surface area contributed by atoms with E-state index < -0.39 is 24.0 Å². The molecule has 0 radical (unpaired) electrons. The van der Waals surface area contributed by atoms with Gasteiger partial charge in [0.1, 0.15) is 6.61 Å². The van der Waals surface area contributed by atoms with Gasteiger partial charge in [-0.25, -0.2) is 9.59 Å². The zero-order valence-electron chi connectivity index (χ0n) is 19.2. The Bertz CT molecular complexity index is 1010. The summed E-state index contributed by atoms with van der Waals surface area (Å²) < 4.78 is 10.8. The van der Waals surface area contributed by atoms with E-state index in [0.717, 1.165) is 28.7 Å². The number of amides is 2. The van der Waals surface area contributed by atoms with Crippen LogP contribution in [0.4, 0.5) is 4.79 Å². The van der Waals surface area contributed by atoms with Crippen LogP contribution >= 0.6 is 0 Å². The van der Waals surface area contributed by atoms with Crippen LogP contribution in [-0.2, 0) is 19.1 Å². The molecule has 180 valence electrons. The monoisotopic (exact) mass is 466 g/mol. The number of rotatable bonds is 8. The summed E-state index contributed by atoms with van der Waals surface area (Å²) in [5.41, 5.74) is 4.56. The number of carbonyl (C=O) groups excluding carboxylic acids is 2. The fourth-order valence-electron chi connectivity index (χ4n) is 4.82. The number of ether oxygens (including phenoxy) is 2. The minimum Gasteiger partial charge on any atom is -0.480 e.